The Hall–Kier alpha value is -0.990. The number of rotatable bonds is 4. The van der Waals surface area contributed by atoms with Crippen molar-refractivity contribution in [2.45, 2.75) is 74.4 Å². The van der Waals surface area contributed by atoms with Gasteiger partial charge in [-0.15, -0.1) is 23.1 Å². The number of fused-ring (bicyclic) bond motifs is 8. The summed E-state index contributed by atoms with van der Waals surface area (Å²) in [5.41, 5.74) is 6.38. The maximum atomic E-state index is 2.49. The molecule has 2 heterocycles. The van der Waals surface area contributed by atoms with Crippen LogP contribution in [0.15, 0.2) is 29.2 Å². The summed E-state index contributed by atoms with van der Waals surface area (Å²) in [7, 11) is 0. The monoisotopic (exact) mass is 366 g/mol. The van der Waals surface area contributed by atoms with Crippen LogP contribution in [0.3, 0.4) is 0 Å². The molecule has 1 aliphatic heterocycles. The van der Waals surface area contributed by atoms with Crippen LogP contribution in [0, 0.1) is 0 Å². The molecule has 25 heavy (non-hydrogen) atoms. The molecule has 0 radical (unpaired) electrons. The zero-order chi connectivity index (χ0) is 17.2. The normalized spacial score (nSPS) is 28.1. The Balaban J connectivity index is 1.54. The van der Waals surface area contributed by atoms with Gasteiger partial charge >= 0.3 is 0 Å². The van der Waals surface area contributed by atoms with E-state index in [0.29, 0.717) is 16.6 Å². The van der Waals surface area contributed by atoms with Crippen LogP contribution < -0.4 is 0 Å². The predicted octanol–water partition coefficient (Wildman–Crippen LogP) is 7.16. The molecule has 0 saturated heterocycles. The second-order valence-corrected chi connectivity index (χ2v) is 10.9. The minimum Gasteiger partial charge on any atom is -0.144 e. The molecule has 3 atom stereocenters. The average molecular weight is 367 g/mol. The molecule has 130 valence electrons. The first-order chi connectivity index (χ1) is 12.1. The van der Waals surface area contributed by atoms with Crippen LogP contribution in [0.4, 0.5) is 0 Å². The molecule has 3 aliphatic rings. The van der Waals surface area contributed by atoms with E-state index in [4.69, 9.17) is 0 Å². The zero-order valence-electron chi connectivity index (χ0n) is 15.4. The summed E-state index contributed by atoms with van der Waals surface area (Å²) in [5, 5.41) is 0. The van der Waals surface area contributed by atoms with Crippen LogP contribution in [-0.4, -0.2) is 4.75 Å². The van der Waals surface area contributed by atoms with Crippen molar-refractivity contribution in [3.63, 3.8) is 0 Å². The zero-order valence-corrected chi connectivity index (χ0v) is 17.0. The highest BCUT2D eigenvalue weighted by molar-refractivity contribution is 8.01. The van der Waals surface area contributed by atoms with Crippen LogP contribution in [0.2, 0.25) is 0 Å². The lowest BCUT2D eigenvalue weighted by atomic mass is 9.64. The van der Waals surface area contributed by atoms with Crippen molar-refractivity contribution in [2.24, 2.45) is 0 Å². The summed E-state index contributed by atoms with van der Waals surface area (Å²) in [4.78, 5) is 4.83. The standard InChI is InChI=1S/C23H26S2/c1-4-6-16-12-14-7-9-17-19(21(14)24-16)18-10-8-15-13-23(3,11-5-2)25-22(15)20(17)18/h7-10,12,17,19H,4-6,11,13H2,1-3H3. The Bertz CT molecular complexity index is 872. The van der Waals surface area contributed by atoms with E-state index in [1.54, 1.807) is 31.3 Å². The van der Waals surface area contributed by atoms with Crippen LogP contribution in [0.1, 0.15) is 83.9 Å². The summed E-state index contributed by atoms with van der Waals surface area (Å²) in [6.07, 6.45) is 11.2. The summed E-state index contributed by atoms with van der Waals surface area (Å²) >= 11 is 4.24. The van der Waals surface area contributed by atoms with Gasteiger partial charge in [0.1, 0.15) is 0 Å². The van der Waals surface area contributed by atoms with Gasteiger partial charge in [0, 0.05) is 31.2 Å². The van der Waals surface area contributed by atoms with Gasteiger partial charge in [-0.3, -0.25) is 0 Å². The molecule has 1 aromatic carbocycles. The molecule has 0 nitrogen and oxygen atoms in total. The maximum Gasteiger partial charge on any atom is 0.0297 e. The third-order valence-corrected chi connectivity index (χ3v) is 8.96. The predicted molar refractivity (Wildman–Crippen MR) is 111 cm³/mol. The van der Waals surface area contributed by atoms with Crippen LogP contribution in [0.5, 0.6) is 0 Å². The molecular weight excluding hydrogens is 340 g/mol. The molecule has 2 aliphatic carbocycles. The third-order valence-electron chi connectivity index (χ3n) is 6.13. The molecule has 0 bridgehead atoms. The minimum atomic E-state index is 0.415. The van der Waals surface area contributed by atoms with Crippen molar-refractivity contribution < 1.29 is 0 Å². The van der Waals surface area contributed by atoms with Crippen LogP contribution in [-0.2, 0) is 12.8 Å². The van der Waals surface area contributed by atoms with E-state index in [2.05, 4.69) is 74.2 Å². The van der Waals surface area contributed by atoms with E-state index in [1.165, 1.54) is 37.7 Å². The Morgan fingerprint density at radius 3 is 2.88 bits per heavy atom. The number of benzene rings is 1. The smallest absolute Gasteiger partial charge is 0.0297 e. The summed E-state index contributed by atoms with van der Waals surface area (Å²) in [6, 6.07) is 7.33. The van der Waals surface area contributed by atoms with Gasteiger partial charge in [-0.2, -0.15) is 0 Å². The number of thioether (sulfide) groups is 1. The Morgan fingerprint density at radius 2 is 2.08 bits per heavy atom. The Kier molecular flexibility index (Phi) is 3.73. The second kappa shape index (κ2) is 5.76. The SMILES string of the molecule is CCCc1cc2c(s1)C1c3ccc4c(c3C1C=C2)SC(C)(CCC)C4. The largest absolute Gasteiger partial charge is 0.144 e. The van der Waals surface area contributed by atoms with Crippen molar-refractivity contribution in [1.82, 2.24) is 0 Å². The third kappa shape index (κ3) is 2.33. The Morgan fingerprint density at radius 1 is 1.20 bits per heavy atom. The molecule has 1 aromatic heterocycles. The highest BCUT2D eigenvalue weighted by atomic mass is 32.2. The topological polar surface area (TPSA) is 0 Å². The molecule has 0 saturated carbocycles. The quantitative estimate of drug-likeness (QED) is 0.553. The van der Waals surface area contributed by atoms with Crippen molar-refractivity contribution in [3.05, 3.63) is 56.3 Å². The van der Waals surface area contributed by atoms with Crippen molar-refractivity contribution >= 4 is 29.2 Å². The molecular formula is C23H26S2. The molecule has 0 fully saturated rings. The maximum absolute atomic E-state index is 2.49. The lowest BCUT2D eigenvalue weighted by Crippen LogP contribution is -2.26. The van der Waals surface area contributed by atoms with Crippen LogP contribution >= 0.6 is 23.1 Å². The van der Waals surface area contributed by atoms with Crippen molar-refractivity contribution in [2.75, 3.05) is 0 Å². The summed E-state index contributed by atoms with van der Waals surface area (Å²) < 4.78 is 0.415. The van der Waals surface area contributed by atoms with Gasteiger partial charge in [0.25, 0.3) is 0 Å². The lowest BCUT2D eigenvalue weighted by Gasteiger charge is -2.41. The number of hydrogen-bond donors (Lipinski definition) is 0. The van der Waals surface area contributed by atoms with Crippen molar-refractivity contribution in [1.29, 1.82) is 0 Å². The first-order valence-corrected chi connectivity index (χ1v) is 11.4. The number of allylic oxidation sites excluding steroid dienone is 1. The molecule has 0 amide bonds. The van der Waals surface area contributed by atoms with E-state index in [9.17, 15) is 0 Å². The number of thiophene rings is 1. The first-order valence-electron chi connectivity index (χ1n) is 9.79. The van der Waals surface area contributed by atoms with Gasteiger partial charge in [-0.25, -0.2) is 0 Å². The van der Waals surface area contributed by atoms with Crippen molar-refractivity contribution in [3.8, 4) is 0 Å². The first kappa shape index (κ1) is 16.2. The second-order valence-electron chi connectivity index (χ2n) is 8.18. The lowest BCUT2D eigenvalue weighted by molar-refractivity contribution is 0.581. The molecule has 2 heteroatoms. The Labute approximate surface area is 159 Å². The summed E-state index contributed by atoms with van der Waals surface area (Å²) in [6.45, 7) is 7.07. The molecule has 0 spiro atoms. The minimum absolute atomic E-state index is 0.415. The number of aryl methyl sites for hydroxylation is 1. The van der Waals surface area contributed by atoms with Crippen LogP contribution in [0.25, 0.3) is 6.08 Å². The fourth-order valence-corrected chi connectivity index (χ4v) is 8.17. The number of hydrogen-bond acceptors (Lipinski definition) is 2. The summed E-state index contributed by atoms with van der Waals surface area (Å²) in [5.74, 6) is 1.26. The average Bonchev–Trinajstić information content (AvgIpc) is 3.09. The van der Waals surface area contributed by atoms with E-state index in [-0.39, 0.29) is 0 Å². The van der Waals surface area contributed by atoms with Gasteiger partial charge in [0.15, 0.2) is 0 Å². The van der Waals surface area contributed by atoms with Gasteiger partial charge in [-0.1, -0.05) is 51.0 Å². The molecule has 2 aromatic rings. The highest BCUT2D eigenvalue weighted by Crippen LogP contribution is 2.62. The highest BCUT2D eigenvalue weighted by Gasteiger charge is 2.46. The molecule has 0 N–H and O–H groups in total. The van der Waals surface area contributed by atoms with E-state index >= 15 is 0 Å². The fourth-order valence-electron chi connectivity index (χ4n) is 5.09. The van der Waals surface area contributed by atoms with E-state index in [1.807, 2.05) is 0 Å². The molecule has 3 unspecified atom stereocenters. The van der Waals surface area contributed by atoms with Gasteiger partial charge < -0.3 is 0 Å². The fraction of sp³-hybridized carbons (Fsp3) is 0.478. The van der Waals surface area contributed by atoms with Gasteiger partial charge in [0.2, 0.25) is 0 Å². The van der Waals surface area contributed by atoms with Gasteiger partial charge in [0.05, 0.1) is 0 Å². The molecule has 5 rings (SSSR count). The van der Waals surface area contributed by atoms with Gasteiger partial charge in [-0.05, 0) is 54.5 Å². The van der Waals surface area contributed by atoms with E-state index in [0.717, 1.165) is 0 Å². The van der Waals surface area contributed by atoms with E-state index < -0.39 is 0 Å².